The van der Waals surface area contributed by atoms with Crippen LogP contribution in [0.5, 0.6) is 0 Å². The van der Waals surface area contributed by atoms with Gasteiger partial charge in [-0.15, -0.1) is 0 Å². The van der Waals surface area contributed by atoms with E-state index in [1.54, 1.807) is 24.3 Å². The molecule has 1 N–H and O–H groups in total. The fourth-order valence-electron chi connectivity index (χ4n) is 2.56. The quantitative estimate of drug-likeness (QED) is 0.604. The number of para-hydroxylation sites is 1. The Morgan fingerprint density at radius 3 is 2.40 bits per heavy atom. The summed E-state index contributed by atoms with van der Waals surface area (Å²) in [6, 6.07) is 11.7. The number of hydrogen-bond donors (Lipinski definition) is 1. The van der Waals surface area contributed by atoms with Crippen LogP contribution >= 0.6 is 0 Å². The maximum Gasteiger partial charge on any atom is 0.439 e. The normalized spacial score (nSPS) is 12.0. The monoisotopic (exact) mass is 346 g/mol. The van der Waals surface area contributed by atoms with Gasteiger partial charge in [0.25, 0.3) is 0 Å². The van der Waals surface area contributed by atoms with Gasteiger partial charge in [-0.05, 0) is 30.3 Å². The van der Waals surface area contributed by atoms with E-state index in [1.807, 2.05) is 0 Å². The molecule has 0 atom stereocenters. The highest BCUT2D eigenvalue weighted by Gasteiger charge is 2.30. The number of aromatic amines is 1. The first-order valence-corrected chi connectivity index (χ1v) is 7.15. The molecule has 0 aliphatic heterocycles. The van der Waals surface area contributed by atoms with Crippen LogP contribution in [0.3, 0.4) is 0 Å². The van der Waals surface area contributed by atoms with E-state index in [0.29, 0.717) is 22.3 Å². The predicted molar refractivity (Wildman–Crippen MR) is 82.2 cm³/mol. The van der Waals surface area contributed by atoms with Crippen molar-refractivity contribution in [1.29, 1.82) is 0 Å². The molecular formula is C16H9F3N4O2. The van der Waals surface area contributed by atoms with Crippen LogP contribution < -0.4 is 5.76 Å². The van der Waals surface area contributed by atoms with Crippen LogP contribution in [-0.2, 0) is 6.18 Å². The molecule has 0 radical (unpaired) electrons. The maximum atomic E-state index is 12.7. The standard InChI is InChI=1S/C16H9F3N4O2/c17-16(18,19)9-5-7-10(8-6-9)23-12-4-2-1-3-11(12)13(21-23)14-20-15(24)25-22-14/h1-8H,(H,20,22,24). The van der Waals surface area contributed by atoms with Gasteiger partial charge in [0.1, 0.15) is 5.69 Å². The van der Waals surface area contributed by atoms with E-state index in [9.17, 15) is 18.0 Å². The Morgan fingerprint density at radius 1 is 1.04 bits per heavy atom. The molecule has 0 amide bonds. The molecule has 0 fully saturated rings. The summed E-state index contributed by atoms with van der Waals surface area (Å²) in [5.41, 5.74) is 0.720. The minimum absolute atomic E-state index is 0.145. The molecule has 2 aromatic carbocycles. The van der Waals surface area contributed by atoms with Crippen LogP contribution in [-0.4, -0.2) is 19.9 Å². The first-order valence-electron chi connectivity index (χ1n) is 7.15. The summed E-state index contributed by atoms with van der Waals surface area (Å²) in [5.74, 6) is -0.574. The number of rotatable bonds is 2. The molecule has 0 bridgehead atoms. The van der Waals surface area contributed by atoms with E-state index in [-0.39, 0.29) is 5.82 Å². The zero-order valence-corrected chi connectivity index (χ0v) is 12.4. The van der Waals surface area contributed by atoms with Gasteiger partial charge in [-0.3, -0.25) is 9.51 Å². The largest absolute Gasteiger partial charge is 0.439 e. The van der Waals surface area contributed by atoms with Crippen molar-refractivity contribution in [2.75, 3.05) is 0 Å². The molecule has 2 aromatic heterocycles. The molecule has 0 aliphatic carbocycles. The lowest BCUT2D eigenvalue weighted by molar-refractivity contribution is -0.137. The Morgan fingerprint density at radius 2 is 1.76 bits per heavy atom. The van der Waals surface area contributed by atoms with Crippen molar-refractivity contribution < 1.29 is 17.7 Å². The molecule has 9 heteroatoms. The number of fused-ring (bicyclic) bond motifs is 1. The van der Waals surface area contributed by atoms with Crippen LogP contribution in [0.4, 0.5) is 13.2 Å². The number of H-pyrrole nitrogens is 1. The summed E-state index contributed by atoms with van der Waals surface area (Å²) < 4.78 is 44.2. The van der Waals surface area contributed by atoms with Gasteiger partial charge in [-0.2, -0.15) is 18.3 Å². The van der Waals surface area contributed by atoms with Crippen molar-refractivity contribution in [1.82, 2.24) is 19.9 Å². The highest BCUT2D eigenvalue weighted by Crippen LogP contribution is 2.31. The molecule has 0 unspecified atom stereocenters. The van der Waals surface area contributed by atoms with Crippen LogP contribution in [0.2, 0.25) is 0 Å². The van der Waals surface area contributed by atoms with E-state index < -0.39 is 17.5 Å². The van der Waals surface area contributed by atoms with E-state index in [1.165, 1.54) is 16.8 Å². The molecule has 4 rings (SSSR count). The second kappa shape index (κ2) is 5.33. The molecule has 0 aliphatic rings. The third kappa shape index (κ3) is 2.59. The third-order valence-corrected chi connectivity index (χ3v) is 3.69. The third-order valence-electron chi connectivity index (χ3n) is 3.69. The topological polar surface area (TPSA) is 76.7 Å². The van der Waals surface area contributed by atoms with Crippen molar-refractivity contribution in [3.05, 3.63) is 64.6 Å². The predicted octanol–water partition coefficient (Wildman–Crippen LogP) is 3.39. The van der Waals surface area contributed by atoms with Gasteiger partial charge in [-0.25, -0.2) is 9.48 Å². The van der Waals surface area contributed by atoms with Gasteiger partial charge < -0.3 is 0 Å². The van der Waals surface area contributed by atoms with Crippen molar-refractivity contribution in [3.8, 4) is 17.2 Å². The molecule has 2 heterocycles. The second-order valence-electron chi connectivity index (χ2n) is 5.27. The summed E-state index contributed by atoms with van der Waals surface area (Å²) >= 11 is 0. The van der Waals surface area contributed by atoms with Gasteiger partial charge in [-0.1, -0.05) is 23.4 Å². The number of halogens is 3. The van der Waals surface area contributed by atoms with Gasteiger partial charge in [0.05, 0.1) is 16.8 Å². The van der Waals surface area contributed by atoms with Crippen molar-refractivity contribution in [2.45, 2.75) is 6.18 Å². The minimum atomic E-state index is -4.41. The van der Waals surface area contributed by atoms with Crippen LogP contribution in [0.15, 0.2) is 57.8 Å². The van der Waals surface area contributed by atoms with E-state index >= 15 is 0 Å². The Balaban J connectivity index is 1.89. The first kappa shape index (κ1) is 15.2. The van der Waals surface area contributed by atoms with Crippen LogP contribution in [0, 0.1) is 0 Å². The van der Waals surface area contributed by atoms with Crippen LogP contribution in [0.25, 0.3) is 28.1 Å². The minimum Gasteiger partial charge on any atom is -0.296 e. The number of alkyl halides is 3. The maximum absolute atomic E-state index is 12.7. The average molecular weight is 346 g/mol. The number of aromatic nitrogens is 4. The fraction of sp³-hybridized carbons (Fsp3) is 0.0625. The molecular weight excluding hydrogens is 337 g/mol. The van der Waals surface area contributed by atoms with E-state index in [4.69, 9.17) is 0 Å². The van der Waals surface area contributed by atoms with Gasteiger partial charge in [0, 0.05) is 5.39 Å². The number of nitrogens with one attached hydrogen (secondary N) is 1. The molecule has 0 spiro atoms. The lowest BCUT2D eigenvalue weighted by atomic mass is 10.2. The van der Waals surface area contributed by atoms with E-state index in [0.717, 1.165) is 12.1 Å². The number of benzene rings is 2. The van der Waals surface area contributed by atoms with Crippen LogP contribution in [0.1, 0.15) is 5.56 Å². The highest BCUT2D eigenvalue weighted by atomic mass is 19.4. The summed E-state index contributed by atoms with van der Waals surface area (Å²) in [4.78, 5) is 13.6. The summed E-state index contributed by atoms with van der Waals surface area (Å²) in [7, 11) is 0. The smallest absolute Gasteiger partial charge is 0.296 e. The molecule has 0 saturated carbocycles. The second-order valence-corrected chi connectivity index (χ2v) is 5.27. The fourth-order valence-corrected chi connectivity index (χ4v) is 2.56. The van der Waals surface area contributed by atoms with Crippen molar-refractivity contribution >= 4 is 10.9 Å². The summed E-state index contributed by atoms with van der Waals surface area (Å²) in [6.45, 7) is 0. The van der Waals surface area contributed by atoms with Gasteiger partial charge >= 0.3 is 11.9 Å². The van der Waals surface area contributed by atoms with Gasteiger partial charge in [0.15, 0.2) is 0 Å². The summed E-state index contributed by atoms with van der Waals surface area (Å²) in [6.07, 6.45) is -4.41. The lowest BCUT2D eigenvalue weighted by Gasteiger charge is -2.08. The number of hydrogen-bond acceptors (Lipinski definition) is 4. The zero-order chi connectivity index (χ0) is 17.6. The molecule has 4 aromatic rings. The van der Waals surface area contributed by atoms with Gasteiger partial charge in [0.2, 0.25) is 5.82 Å². The summed E-state index contributed by atoms with van der Waals surface area (Å²) in [5, 5.41) is 8.67. The molecule has 0 saturated heterocycles. The Hall–Kier alpha value is -3.36. The van der Waals surface area contributed by atoms with Crippen molar-refractivity contribution in [3.63, 3.8) is 0 Å². The molecule has 6 nitrogen and oxygen atoms in total. The Labute approximate surface area is 137 Å². The van der Waals surface area contributed by atoms with Crippen molar-refractivity contribution in [2.24, 2.45) is 0 Å². The SMILES string of the molecule is O=c1[nH]c(-c2nn(-c3ccc(C(F)(F)F)cc3)c3ccccc23)no1. The number of nitrogens with zero attached hydrogens (tertiary/aromatic N) is 3. The zero-order valence-electron chi connectivity index (χ0n) is 12.4. The Kier molecular flexibility index (Phi) is 3.24. The average Bonchev–Trinajstić information content (AvgIpc) is 3.18. The van der Waals surface area contributed by atoms with E-state index in [2.05, 4.69) is 19.8 Å². The first-order chi connectivity index (χ1) is 11.9. The highest BCUT2D eigenvalue weighted by molar-refractivity contribution is 5.92. The molecule has 126 valence electrons. The Bertz CT molecular complexity index is 1110. The molecule has 25 heavy (non-hydrogen) atoms. The lowest BCUT2D eigenvalue weighted by Crippen LogP contribution is -2.05.